The third kappa shape index (κ3) is 2.99. The van der Waals surface area contributed by atoms with Crippen LogP contribution < -0.4 is 11.3 Å². The maximum Gasteiger partial charge on any atom is 0.142 e. The minimum absolute atomic E-state index is 0.289. The topological polar surface area (TPSA) is 38.0 Å². The van der Waals surface area contributed by atoms with E-state index in [1.54, 1.807) is 18.2 Å². The second kappa shape index (κ2) is 6.30. The zero-order chi connectivity index (χ0) is 14.0. The summed E-state index contributed by atoms with van der Waals surface area (Å²) in [6.07, 6.45) is 0. The molecule has 0 aromatic heterocycles. The van der Waals surface area contributed by atoms with Gasteiger partial charge in [0.2, 0.25) is 0 Å². The Labute approximate surface area is 133 Å². The van der Waals surface area contributed by atoms with E-state index < -0.39 is 0 Å². The molecule has 19 heavy (non-hydrogen) atoms. The van der Waals surface area contributed by atoms with Crippen LogP contribution in [0.4, 0.5) is 4.39 Å². The average molecular weight is 435 g/mol. The van der Waals surface area contributed by atoms with Gasteiger partial charge in [-0.3, -0.25) is 5.84 Å². The Morgan fingerprint density at radius 1 is 1.21 bits per heavy atom. The molecule has 0 spiro atoms. The van der Waals surface area contributed by atoms with Gasteiger partial charge in [-0.1, -0.05) is 30.3 Å². The lowest BCUT2D eigenvalue weighted by Crippen LogP contribution is -2.30. The van der Waals surface area contributed by atoms with Crippen molar-refractivity contribution in [3.05, 3.63) is 66.9 Å². The third-order valence-electron chi connectivity index (χ3n) is 2.99. The van der Waals surface area contributed by atoms with Crippen LogP contribution in [0, 0.1) is 16.3 Å². The second-order valence-electron chi connectivity index (χ2n) is 4.22. The highest BCUT2D eigenvalue weighted by molar-refractivity contribution is 14.1. The smallest absolute Gasteiger partial charge is 0.142 e. The van der Waals surface area contributed by atoms with Crippen molar-refractivity contribution in [2.75, 3.05) is 0 Å². The van der Waals surface area contributed by atoms with E-state index in [1.807, 2.05) is 25.1 Å². The predicted molar refractivity (Wildman–Crippen MR) is 87.2 cm³/mol. The summed E-state index contributed by atoms with van der Waals surface area (Å²) in [6, 6.07) is 10.8. The number of rotatable bonds is 3. The molecule has 0 aliphatic heterocycles. The Morgan fingerprint density at radius 3 is 2.53 bits per heavy atom. The summed E-state index contributed by atoms with van der Waals surface area (Å²) in [5.74, 6) is 5.35. The summed E-state index contributed by atoms with van der Waals surface area (Å²) in [7, 11) is 0. The summed E-state index contributed by atoms with van der Waals surface area (Å²) in [4.78, 5) is 0. The number of aryl methyl sites for hydroxylation is 1. The molecule has 2 aromatic carbocycles. The molecule has 2 nitrogen and oxygen atoms in total. The first-order valence-corrected chi connectivity index (χ1v) is 7.58. The highest BCUT2D eigenvalue weighted by Crippen LogP contribution is 2.31. The molecule has 2 rings (SSSR count). The molecular formula is C14H13BrFIN2. The second-order valence-corrected chi connectivity index (χ2v) is 6.15. The van der Waals surface area contributed by atoms with Crippen LogP contribution in [0.25, 0.3) is 0 Å². The van der Waals surface area contributed by atoms with Gasteiger partial charge in [-0.25, -0.2) is 9.82 Å². The Morgan fingerprint density at radius 2 is 1.84 bits per heavy atom. The molecule has 1 atom stereocenters. The fourth-order valence-corrected chi connectivity index (χ4v) is 3.04. The van der Waals surface area contributed by atoms with Crippen molar-refractivity contribution in [2.45, 2.75) is 13.0 Å². The van der Waals surface area contributed by atoms with Crippen LogP contribution in [0.5, 0.6) is 0 Å². The molecule has 1 unspecified atom stereocenters. The number of halogens is 3. The van der Waals surface area contributed by atoms with Crippen LogP contribution in [0.2, 0.25) is 0 Å². The van der Waals surface area contributed by atoms with Gasteiger partial charge in [-0.05, 0) is 62.6 Å². The summed E-state index contributed by atoms with van der Waals surface area (Å²) in [5, 5.41) is 0. The lowest BCUT2D eigenvalue weighted by molar-refractivity contribution is 0.554. The largest absolute Gasteiger partial charge is 0.271 e. The Balaban J connectivity index is 2.57. The number of hydrogen-bond acceptors (Lipinski definition) is 2. The maximum absolute atomic E-state index is 14.2. The van der Waals surface area contributed by atoms with Crippen molar-refractivity contribution < 1.29 is 4.39 Å². The van der Waals surface area contributed by atoms with Gasteiger partial charge in [-0.2, -0.15) is 0 Å². The molecule has 0 saturated carbocycles. The van der Waals surface area contributed by atoms with E-state index in [4.69, 9.17) is 5.84 Å². The first-order valence-electron chi connectivity index (χ1n) is 5.71. The number of hydrazine groups is 1. The van der Waals surface area contributed by atoms with Gasteiger partial charge in [0.1, 0.15) is 5.82 Å². The van der Waals surface area contributed by atoms with Crippen molar-refractivity contribution in [3.8, 4) is 0 Å². The van der Waals surface area contributed by atoms with Crippen LogP contribution in [0.1, 0.15) is 22.7 Å². The molecule has 0 amide bonds. The molecule has 0 heterocycles. The molecule has 0 bridgehead atoms. The van der Waals surface area contributed by atoms with Gasteiger partial charge in [0.15, 0.2) is 0 Å². The first-order chi connectivity index (χ1) is 9.06. The van der Waals surface area contributed by atoms with E-state index in [1.165, 1.54) is 0 Å². The Hall–Kier alpha value is -0.500. The van der Waals surface area contributed by atoms with E-state index in [-0.39, 0.29) is 11.9 Å². The van der Waals surface area contributed by atoms with Crippen molar-refractivity contribution in [2.24, 2.45) is 5.84 Å². The molecule has 3 N–H and O–H groups in total. The lowest BCUT2D eigenvalue weighted by Gasteiger charge is -2.20. The SMILES string of the molecule is Cc1cccc(C(NN)c2cccc(Br)c2F)c1I. The van der Waals surface area contributed by atoms with Crippen LogP contribution in [-0.2, 0) is 0 Å². The fraction of sp³-hybridized carbons (Fsp3) is 0.143. The van der Waals surface area contributed by atoms with Crippen LogP contribution in [-0.4, -0.2) is 0 Å². The molecule has 0 aliphatic carbocycles. The highest BCUT2D eigenvalue weighted by atomic mass is 127. The summed E-state index contributed by atoms with van der Waals surface area (Å²) in [6.45, 7) is 2.02. The number of hydrogen-bond donors (Lipinski definition) is 2. The van der Waals surface area contributed by atoms with Crippen molar-refractivity contribution >= 4 is 38.5 Å². The highest BCUT2D eigenvalue weighted by Gasteiger charge is 2.20. The predicted octanol–water partition coefficient (Wildman–Crippen LogP) is 4.05. The molecule has 2 aromatic rings. The van der Waals surface area contributed by atoms with Crippen LogP contribution in [0.15, 0.2) is 40.9 Å². The van der Waals surface area contributed by atoms with Crippen LogP contribution in [0.3, 0.4) is 0 Å². The molecule has 0 saturated heterocycles. The summed E-state index contributed by atoms with van der Waals surface area (Å²) >= 11 is 5.46. The monoisotopic (exact) mass is 434 g/mol. The normalized spacial score (nSPS) is 12.5. The van der Waals surface area contributed by atoms with E-state index >= 15 is 0 Å². The third-order valence-corrected chi connectivity index (χ3v) is 5.08. The van der Waals surface area contributed by atoms with E-state index in [0.29, 0.717) is 10.0 Å². The van der Waals surface area contributed by atoms with Gasteiger partial charge in [-0.15, -0.1) is 0 Å². The van der Waals surface area contributed by atoms with Crippen molar-refractivity contribution in [1.82, 2.24) is 5.43 Å². The number of nitrogens with one attached hydrogen (secondary N) is 1. The molecular weight excluding hydrogens is 422 g/mol. The van der Waals surface area contributed by atoms with Crippen molar-refractivity contribution in [3.63, 3.8) is 0 Å². The number of benzene rings is 2. The van der Waals surface area contributed by atoms with Gasteiger partial charge in [0.05, 0.1) is 10.5 Å². The van der Waals surface area contributed by atoms with Gasteiger partial charge < -0.3 is 0 Å². The Bertz CT molecular complexity index is 552. The first kappa shape index (κ1) is 14.9. The molecule has 5 heteroatoms. The Kier molecular flexibility index (Phi) is 4.94. The molecule has 0 fully saturated rings. The molecule has 100 valence electrons. The minimum atomic E-state index is -0.371. The van der Waals surface area contributed by atoms with Gasteiger partial charge in [0, 0.05) is 9.13 Å². The standard InChI is InChI=1S/C14H13BrFIN2/c1-8-4-2-6-10(13(8)17)14(19-18)9-5-3-7-11(15)12(9)16/h2-7,14,19H,18H2,1H3. The average Bonchev–Trinajstić information content (AvgIpc) is 2.40. The summed E-state index contributed by atoms with van der Waals surface area (Å²) in [5.41, 5.74) is 5.35. The van der Waals surface area contributed by atoms with Gasteiger partial charge in [0.25, 0.3) is 0 Å². The van der Waals surface area contributed by atoms with E-state index in [9.17, 15) is 4.39 Å². The summed E-state index contributed by atoms with van der Waals surface area (Å²) < 4.78 is 15.7. The van der Waals surface area contributed by atoms with Crippen LogP contribution >= 0.6 is 38.5 Å². The zero-order valence-electron chi connectivity index (χ0n) is 10.3. The maximum atomic E-state index is 14.2. The van der Waals surface area contributed by atoms with E-state index in [2.05, 4.69) is 43.9 Å². The fourth-order valence-electron chi connectivity index (χ4n) is 1.98. The molecule has 0 radical (unpaired) electrons. The lowest BCUT2D eigenvalue weighted by atomic mass is 9.97. The zero-order valence-corrected chi connectivity index (χ0v) is 14.0. The van der Waals surface area contributed by atoms with Crippen molar-refractivity contribution in [1.29, 1.82) is 0 Å². The number of nitrogens with two attached hydrogens (primary N) is 1. The molecule has 0 aliphatic rings. The van der Waals surface area contributed by atoms with Gasteiger partial charge >= 0.3 is 0 Å². The minimum Gasteiger partial charge on any atom is -0.271 e. The quantitative estimate of drug-likeness (QED) is 0.434. The van der Waals surface area contributed by atoms with E-state index in [0.717, 1.165) is 14.7 Å².